The number of likely N-dealkylation sites (tertiary alicyclic amines) is 1. The van der Waals surface area contributed by atoms with E-state index in [2.05, 4.69) is 16.4 Å². The summed E-state index contributed by atoms with van der Waals surface area (Å²) in [7, 11) is 0. The molecular weight excluding hydrogens is 442 g/mol. The molecule has 2 fully saturated rings. The largest absolute Gasteiger partial charge is 0.350 e. The number of fused-ring (bicyclic) bond motifs is 1. The van der Waals surface area contributed by atoms with Gasteiger partial charge in [-0.05, 0) is 49.8 Å². The number of amides is 2. The van der Waals surface area contributed by atoms with Crippen LogP contribution in [0, 0.1) is 25.7 Å². The predicted octanol–water partition coefficient (Wildman–Crippen LogP) is 4.97. The minimum Gasteiger partial charge on any atom is -0.350 e. The first-order valence-electron chi connectivity index (χ1n) is 10.8. The number of nitrogens with zero attached hydrogens (tertiary/aromatic N) is 2. The number of hydrogen-bond acceptors (Lipinski definition) is 4. The van der Waals surface area contributed by atoms with Crippen molar-refractivity contribution >= 4 is 34.8 Å². The summed E-state index contributed by atoms with van der Waals surface area (Å²) in [5.41, 5.74) is 3.14. The lowest BCUT2D eigenvalue weighted by molar-refractivity contribution is 0.0690. The lowest BCUT2D eigenvalue weighted by Crippen LogP contribution is -2.45. The second kappa shape index (κ2) is 8.34. The van der Waals surface area contributed by atoms with Gasteiger partial charge in [-0.3, -0.25) is 9.59 Å². The number of hydrogen-bond donors (Lipinski definition) is 1. The van der Waals surface area contributed by atoms with Crippen molar-refractivity contribution in [2.45, 2.75) is 26.3 Å². The molecule has 2 heterocycles. The monoisotopic (exact) mass is 465 g/mol. The van der Waals surface area contributed by atoms with Crippen LogP contribution < -0.4 is 5.32 Å². The number of piperidine rings is 1. The molecule has 2 aromatic carbocycles. The number of halogens is 1. The Morgan fingerprint density at radius 2 is 2.00 bits per heavy atom. The minimum absolute atomic E-state index is 0.0219. The number of aromatic nitrogens is 1. The van der Waals surface area contributed by atoms with Crippen molar-refractivity contribution in [1.29, 1.82) is 0 Å². The molecule has 3 aromatic rings. The third-order valence-electron chi connectivity index (χ3n) is 6.37. The Bertz CT molecular complexity index is 1210. The van der Waals surface area contributed by atoms with Crippen LogP contribution in [0.5, 0.6) is 0 Å². The third kappa shape index (κ3) is 3.93. The molecule has 0 bridgehead atoms. The molecule has 3 atom stereocenters. The van der Waals surface area contributed by atoms with Gasteiger partial charge in [-0.25, -0.2) is 4.98 Å². The summed E-state index contributed by atoms with van der Waals surface area (Å²) in [5.74, 6) is 0.697. The minimum atomic E-state index is -0.211. The molecule has 2 amide bonds. The number of benzene rings is 2. The molecule has 1 aromatic heterocycles. The van der Waals surface area contributed by atoms with E-state index in [1.165, 1.54) is 0 Å². The van der Waals surface area contributed by atoms with E-state index in [0.717, 1.165) is 34.0 Å². The summed E-state index contributed by atoms with van der Waals surface area (Å²) in [5, 5.41) is 4.30. The molecule has 0 unspecified atom stereocenters. The molecule has 7 heteroatoms. The van der Waals surface area contributed by atoms with Crippen LogP contribution in [0.4, 0.5) is 0 Å². The van der Waals surface area contributed by atoms with Crippen molar-refractivity contribution in [1.82, 2.24) is 15.2 Å². The second-order valence-electron chi connectivity index (χ2n) is 8.65. The van der Waals surface area contributed by atoms with E-state index < -0.39 is 0 Å². The van der Waals surface area contributed by atoms with E-state index in [9.17, 15) is 9.59 Å². The van der Waals surface area contributed by atoms with Crippen LogP contribution in [-0.4, -0.2) is 40.8 Å². The van der Waals surface area contributed by atoms with Gasteiger partial charge in [0.2, 0.25) is 0 Å². The molecule has 0 radical (unpaired) electrons. The van der Waals surface area contributed by atoms with Gasteiger partial charge in [0.05, 0.1) is 26.5 Å². The number of rotatable bonds is 5. The van der Waals surface area contributed by atoms with Gasteiger partial charge in [-0.15, -0.1) is 11.3 Å². The average molecular weight is 466 g/mol. The predicted molar refractivity (Wildman–Crippen MR) is 127 cm³/mol. The molecule has 164 valence electrons. The van der Waals surface area contributed by atoms with E-state index in [-0.39, 0.29) is 17.9 Å². The third-order valence-corrected chi connectivity index (χ3v) is 7.72. The molecule has 1 aliphatic heterocycles. The van der Waals surface area contributed by atoms with Gasteiger partial charge >= 0.3 is 0 Å². The Kier molecular flexibility index (Phi) is 5.51. The molecule has 5 nitrogen and oxygen atoms in total. The van der Waals surface area contributed by atoms with Crippen molar-refractivity contribution in [2.75, 3.05) is 13.1 Å². The van der Waals surface area contributed by atoms with Gasteiger partial charge in [0.15, 0.2) is 0 Å². The Hall–Kier alpha value is -2.70. The number of nitrogens with one attached hydrogen (secondary N) is 1. The smallest absolute Gasteiger partial charge is 0.274 e. The van der Waals surface area contributed by atoms with Crippen LogP contribution in [0.15, 0.2) is 48.5 Å². The fourth-order valence-corrected chi connectivity index (χ4v) is 5.82. The molecular formula is C25H24ClN3O2S. The standard InChI is InChI=1S/C25H24ClN3O2S/c1-14-6-5-7-16(10-14)23-22(28-15(2)32-23)25(31)29-13-17-11-19(17)21(29)12-27-24(30)18-8-3-4-9-20(18)26/h3-10,17,19,21H,11-13H2,1-2H3,(H,27,30)/t17-,19-,21-/m1/s1. The van der Waals surface area contributed by atoms with Gasteiger partial charge in [-0.1, -0.05) is 53.6 Å². The SMILES string of the molecule is Cc1cccc(-c2sc(C)nc2C(=O)N2C[C@H]3C[C@H]3[C@H]2CNC(=O)c2ccccc2Cl)c1. The summed E-state index contributed by atoms with van der Waals surface area (Å²) in [4.78, 5) is 33.7. The van der Waals surface area contributed by atoms with E-state index in [4.69, 9.17) is 11.6 Å². The maximum Gasteiger partial charge on any atom is 0.274 e. The maximum atomic E-state index is 13.6. The molecule has 2 aliphatic rings. The van der Waals surface area contributed by atoms with Crippen LogP contribution in [0.25, 0.3) is 10.4 Å². The van der Waals surface area contributed by atoms with Crippen LogP contribution in [-0.2, 0) is 0 Å². The Morgan fingerprint density at radius 1 is 1.19 bits per heavy atom. The Labute approximate surface area is 196 Å². The molecule has 1 saturated carbocycles. The Morgan fingerprint density at radius 3 is 2.78 bits per heavy atom. The second-order valence-corrected chi connectivity index (χ2v) is 10.3. The molecule has 1 N–H and O–H groups in total. The van der Waals surface area contributed by atoms with Crippen LogP contribution in [0.2, 0.25) is 5.02 Å². The van der Waals surface area contributed by atoms with Crippen molar-refractivity contribution in [3.05, 3.63) is 75.4 Å². The van der Waals surface area contributed by atoms with Crippen molar-refractivity contribution in [3.8, 4) is 10.4 Å². The van der Waals surface area contributed by atoms with Gasteiger partial charge in [0.25, 0.3) is 11.8 Å². The first kappa shape index (κ1) is 21.2. The Balaban J connectivity index is 1.36. The maximum absolute atomic E-state index is 13.6. The van der Waals surface area contributed by atoms with Crippen molar-refractivity contribution in [3.63, 3.8) is 0 Å². The highest BCUT2D eigenvalue weighted by Gasteiger charge is 2.54. The van der Waals surface area contributed by atoms with E-state index in [1.807, 2.05) is 36.9 Å². The fraction of sp³-hybridized carbons (Fsp3) is 0.320. The highest BCUT2D eigenvalue weighted by atomic mass is 35.5. The number of carbonyl (C=O) groups is 2. The highest BCUT2D eigenvalue weighted by Crippen LogP contribution is 2.50. The van der Waals surface area contributed by atoms with Gasteiger partial charge in [0, 0.05) is 13.1 Å². The lowest BCUT2D eigenvalue weighted by Gasteiger charge is -2.27. The normalized spacial score (nSPS) is 21.3. The van der Waals surface area contributed by atoms with Gasteiger partial charge in [-0.2, -0.15) is 0 Å². The fourth-order valence-electron chi connectivity index (χ4n) is 4.69. The summed E-state index contributed by atoms with van der Waals surface area (Å²) >= 11 is 7.72. The van der Waals surface area contributed by atoms with Crippen molar-refractivity contribution < 1.29 is 9.59 Å². The summed E-state index contributed by atoms with van der Waals surface area (Å²) in [6.45, 7) is 5.12. The average Bonchev–Trinajstić information content (AvgIpc) is 3.28. The van der Waals surface area contributed by atoms with E-state index >= 15 is 0 Å². The zero-order valence-electron chi connectivity index (χ0n) is 18.0. The molecule has 1 aliphatic carbocycles. The first-order chi connectivity index (χ1) is 15.4. The topological polar surface area (TPSA) is 62.3 Å². The number of carbonyl (C=O) groups excluding carboxylic acids is 2. The molecule has 0 spiro atoms. The number of thiazole rings is 1. The van der Waals surface area contributed by atoms with Crippen LogP contribution in [0.1, 0.15) is 37.8 Å². The first-order valence-corrected chi connectivity index (χ1v) is 12.0. The summed E-state index contributed by atoms with van der Waals surface area (Å²) in [6.07, 6.45) is 1.11. The van der Waals surface area contributed by atoms with Gasteiger partial charge < -0.3 is 10.2 Å². The van der Waals surface area contributed by atoms with Crippen LogP contribution >= 0.6 is 22.9 Å². The van der Waals surface area contributed by atoms with Crippen molar-refractivity contribution in [2.24, 2.45) is 11.8 Å². The lowest BCUT2D eigenvalue weighted by atomic mass is 10.1. The zero-order chi connectivity index (χ0) is 22.4. The highest BCUT2D eigenvalue weighted by molar-refractivity contribution is 7.15. The molecule has 5 rings (SSSR count). The van der Waals surface area contributed by atoms with E-state index in [0.29, 0.717) is 34.7 Å². The number of aryl methyl sites for hydroxylation is 2. The van der Waals surface area contributed by atoms with Crippen LogP contribution in [0.3, 0.4) is 0 Å². The summed E-state index contributed by atoms with van der Waals surface area (Å²) < 4.78 is 0. The summed E-state index contributed by atoms with van der Waals surface area (Å²) in [6, 6.07) is 15.2. The molecule has 32 heavy (non-hydrogen) atoms. The quantitative estimate of drug-likeness (QED) is 0.578. The van der Waals surface area contributed by atoms with E-state index in [1.54, 1.807) is 35.6 Å². The van der Waals surface area contributed by atoms with Gasteiger partial charge in [0.1, 0.15) is 5.69 Å². The molecule has 1 saturated heterocycles. The zero-order valence-corrected chi connectivity index (χ0v) is 19.5.